The minimum atomic E-state index is -0.254. The Balaban J connectivity index is 1.44. The van der Waals surface area contributed by atoms with Crippen LogP contribution in [-0.2, 0) is 13.2 Å². The number of para-hydroxylation sites is 3. The maximum Gasteiger partial charge on any atom is 0.255 e. The van der Waals surface area contributed by atoms with Crippen molar-refractivity contribution in [1.82, 2.24) is 15.5 Å². The molecule has 0 fully saturated rings. The number of hydrogen-bond acceptors (Lipinski definition) is 6. The van der Waals surface area contributed by atoms with E-state index in [1.54, 1.807) is 31.2 Å². The Labute approximate surface area is 186 Å². The molecule has 4 rings (SSSR count). The van der Waals surface area contributed by atoms with E-state index in [1.165, 1.54) is 0 Å². The molecule has 0 bridgehead atoms. The molecule has 1 heterocycles. The van der Waals surface area contributed by atoms with Crippen LogP contribution in [0.15, 0.2) is 77.3 Å². The van der Waals surface area contributed by atoms with E-state index < -0.39 is 0 Å². The Morgan fingerprint density at radius 2 is 1.59 bits per heavy atom. The number of rotatable bonds is 8. The number of carbonyl (C=O) groups is 1. The monoisotopic (exact) mass is 429 g/mol. The largest absolute Gasteiger partial charge is 0.485 e. The highest BCUT2D eigenvalue weighted by molar-refractivity contribution is 5.96. The van der Waals surface area contributed by atoms with Crippen molar-refractivity contribution >= 4 is 5.91 Å². The van der Waals surface area contributed by atoms with Gasteiger partial charge in [-0.05, 0) is 36.8 Å². The molecule has 7 nitrogen and oxygen atoms in total. The fourth-order valence-corrected chi connectivity index (χ4v) is 3.13. The summed E-state index contributed by atoms with van der Waals surface area (Å²) in [5, 5.41) is 6.76. The average molecular weight is 429 g/mol. The van der Waals surface area contributed by atoms with Crippen LogP contribution in [0, 0.1) is 13.8 Å². The number of aromatic nitrogens is 2. The van der Waals surface area contributed by atoms with Gasteiger partial charge in [0.15, 0.2) is 6.61 Å². The Hall–Kier alpha value is -4.13. The minimum Gasteiger partial charge on any atom is -0.485 e. The summed E-state index contributed by atoms with van der Waals surface area (Å²) in [6.45, 7) is 4.11. The van der Waals surface area contributed by atoms with Crippen molar-refractivity contribution in [2.75, 3.05) is 0 Å². The second kappa shape index (κ2) is 9.78. The quantitative estimate of drug-likeness (QED) is 0.425. The predicted octanol–water partition coefficient (Wildman–Crippen LogP) is 4.99. The normalized spacial score (nSPS) is 10.6. The fraction of sp³-hybridized carbons (Fsp3) is 0.160. The summed E-state index contributed by atoms with van der Waals surface area (Å²) in [6, 6.07) is 22.5. The molecule has 1 amide bonds. The van der Waals surface area contributed by atoms with E-state index in [4.69, 9.17) is 14.0 Å². The number of aryl methyl sites for hydroxylation is 2. The summed E-state index contributed by atoms with van der Waals surface area (Å²) in [7, 11) is 0. The molecule has 0 aliphatic heterocycles. The molecule has 0 spiro atoms. The molecule has 0 aliphatic carbocycles. The summed E-state index contributed by atoms with van der Waals surface area (Å²) in [5.41, 5.74) is 2.32. The molecule has 7 heteroatoms. The average Bonchev–Trinajstić information content (AvgIpc) is 3.23. The van der Waals surface area contributed by atoms with Crippen molar-refractivity contribution in [2.45, 2.75) is 27.0 Å². The minimum absolute atomic E-state index is 0.106. The van der Waals surface area contributed by atoms with Crippen LogP contribution in [0.4, 0.5) is 0 Å². The van der Waals surface area contributed by atoms with Crippen LogP contribution in [-0.4, -0.2) is 16.0 Å². The molecule has 0 aliphatic rings. The van der Waals surface area contributed by atoms with Gasteiger partial charge in [0, 0.05) is 19.0 Å². The lowest BCUT2D eigenvalue weighted by atomic mass is 10.1. The van der Waals surface area contributed by atoms with Crippen LogP contribution in [0.25, 0.3) is 0 Å². The number of benzene rings is 3. The van der Waals surface area contributed by atoms with Crippen LogP contribution in [0.2, 0.25) is 0 Å². The highest BCUT2D eigenvalue weighted by Gasteiger charge is 2.14. The summed E-state index contributed by atoms with van der Waals surface area (Å²) >= 11 is 0. The van der Waals surface area contributed by atoms with Crippen LogP contribution in [0.5, 0.6) is 17.2 Å². The SMILES string of the molecule is Cc1nc(COc2ccccc2C(=O)NCc2ccccc2Oc2ccccc2C)no1. The van der Waals surface area contributed by atoms with Gasteiger partial charge in [0.05, 0.1) is 5.56 Å². The lowest BCUT2D eigenvalue weighted by molar-refractivity contribution is 0.0946. The predicted molar refractivity (Wildman–Crippen MR) is 119 cm³/mol. The zero-order valence-corrected chi connectivity index (χ0v) is 17.9. The van der Waals surface area contributed by atoms with Crippen LogP contribution < -0.4 is 14.8 Å². The van der Waals surface area contributed by atoms with Gasteiger partial charge in [0.25, 0.3) is 5.91 Å². The number of nitrogens with zero attached hydrogens (tertiary/aromatic N) is 2. The standard InChI is InChI=1S/C25H23N3O4/c1-17-9-3-6-12-21(17)31-22-13-7-4-10-19(22)15-26-25(29)20-11-5-8-14-23(20)30-16-24-27-18(2)32-28-24/h3-14H,15-16H2,1-2H3,(H,26,29). The van der Waals surface area contributed by atoms with E-state index in [2.05, 4.69) is 15.5 Å². The molecular formula is C25H23N3O4. The first-order chi connectivity index (χ1) is 15.6. The van der Waals surface area contributed by atoms with Gasteiger partial charge in [-0.1, -0.05) is 53.7 Å². The molecule has 1 aromatic heterocycles. The molecule has 0 unspecified atom stereocenters. The Bertz CT molecular complexity index is 1220. The first kappa shape index (κ1) is 21.1. The van der Waals surface area contributed by atoms with E-state index in [9.17, 15) is 4.79 Å². The Morgan fingerprint density at radius 3 is 2.34 bits per heavy atom. The van der Waals surface area contributed by atoms with Gasteiger partial charge in [0.1, 0.15) is 17.2 Å². The zero-order valence-electron chi connectivity index (χ0n) is 17.9. The van der Waals surface area contributed by atoms with Crippen molar-refractivity contribution in [3.05, 3.63) is 101 Å². The number of ether oxygens (including phenoxy) is 2. The van der Waals surface area contributed by atoms with Gasteiger partial charge in [-0.2, -0.15) is 4.98 Å². The topological polar surface area (TPSA) is 86.5 Å². The van der Waals surface area contributed by atoms with Crippen molar-refractivity contribution < 1.29 is 18.8 Å². The molecule has 162 valence electrons. The van der Waals surface area contributed by atoms with E-state index in [1.807, 2.05) is 55.5 Å². The zero-order chi connectivity index (χ0) is 22.3. The van der Waals surface area contributed by atoms with E-state index in [0.717, 1.165) is 16.9 Å². The summed E-state index contributed by atoms with van der Waals surface area (Å²) < 4.78 is 16.8. The van der Waals surface area contributed by atoms with Gasteiger partial charge in [-0.25, -0.2) is 0 Å². The summed E-state index contributed by atoms with van der Waals surface area (Å²) in [4.78, 5) is 17.0. The Morgan fingerprint density at radius 1 is 0.906 bits per heavy atom. The maximum atomic E-state index is 12.9. The third-order valence-corrected chi connectivity index (χ3v) is 4.78. The van der Waals surface area contributed by atoms with Crippen LogP contribution >= 0.6 is 0 Å². The molecule has 1 N–H and O–H groups in total. The second-order valence-electron chi connectivity index (χ2n) is 7.17. The second-order valence-corrected chi connectivity index (χ2v) is 7.17. The molecule has 0 saturated carbocycles. The number of hydrogen-bond donors (Lipinski definition) is 1. The van der Waals surface area contributed by atoms with E-state index in [-0.39, 0.29) is 12.5 Å². The highest BCUT2D eigenvalue weighted by atomic mass is 16.5. The van der Waals surface area contributed by atoms with Crippen molar-refractivity contribution in [3.63, 3.8) is 0 Å². The Kier molecular flexibility index (Phi) is 6.46. The molecule has 0 saturated heterocycles. The number of nitrogens with one attached hydrogen (secondary N) is 1. The van der Waals surface area contributed by atoms with Gasteiger partial charge >= 0.3 is 0 Å². The molecule has 0 radical (unpaired) electrons. The van der Waals surface area contributed by atoms with Gasteiger partial charge in [-0.3, -0.25) is 4.79 Å². The third-order valence-electron chi connectivity index (χ3n) is 4.78. The summed E-state index contributed by atoms with van der Waals surface area (Å²) in [6.07, 6.45) is 0. The number of carbonyl (C=O) groups excluding carboxylic acids is 1. The van der Waals surface area contributed by atoms with Crippen molar-refractivity contribution in [1.29, 1.82) is 0 Å². The van der Waals surface area contributed by atoms with Crippen LogP contribution in [0.1, 0.15) is 33.2 Å². The smallest absolute Gasteiger partial charge is 0.255 e. The lowest BCUT2D eigenvalue weighted by Crippen LogP contribution is -2.23. The lowest BCUT2D eigenvalue weighted by Gasteiger charge is -2.14. The molecule has 4 aromatic rings. The van der Waals surface area contributed by atoms with E-state index in [0.29, 0.717) is 35.3 Å². The van der Waals surface area contributed by atoms with Gasteiger partial charge in [-0.15, -0.1) is 0 Å². The van der Waals surface area contributed by atoms with Crippen LogP contribution in [0.3, 0.4) is 0 Å². The molecule has 3 aromatic carbocycles. The molecule has 32 heavy (non-hydrogen) atoms. The van der Waals surface area contributed by atoms with E-state index >= 15 is 0 Å². The third kappa shape index (κ3) is 5.13. The van der Waals surface area contributed by atoms with Crippen molar-refractivity contribution in [2.24, 2.45) is 0 Å². The van der Waals surface area contributed by atoms with Gasteiger partial charge < -0.3 is 19.3 Å². The van der Waals surface area contributed by atoms with Gasteiger partial charge in [0.2, 0.25) is 11.7 Å². The fourth-order valence-electron chi connectivity index (χ4n) is 3.13. The number of amides is 1. The molecule has 0 atom stereocenters. The molecular weight excluding hydrogens is 406 g/mol. The summed E-state index contributed by atoms with van der Waals surface area (Å²) in [5.74, 6) is 2.54. The first-order valence-corrected chi connectivity index (χ1v) is 10.2. The maximum absolute atomic E-state index is 12.9. The van der Waals surface area contributed by atoms with Crippen molar-refractivity contribution in [3.8, 4) is 17.2 Å². The first-order valence-electron chi connectivity index (χ1n) is 10.2. The highest BCUT2D eigenvalue weighted by Crippen LogP contribution is 2.28.